The van der Waals surface area contributed by atoms with Crippen LogP contribution in [0.2, 0.25) is 0 Å². The van der Waals surface area contributed by atoms with Crippen molar-refractivity contribution in [1.29, 1.82) is 0 Å². The molecule has 23 heavy (non-hydrogen) atoms. The van der Waals surface area contributed by atoms with E-state index in [2.05, 4.69) is 23.5 Å². The van der Waals surface area contributed by atoms with Crippen molar-refractivity contribution >= 4 is 10.0 Å². The maximum Gasteiger partial charge on any atom is 0.240 e. The van der Waals surface area contributed by atoms with Crippen molar-refractivity contribution in [3.8, 4) is 0 Å². The number of aryl methyl sites for hydroxylation is 2. The van der Waals surface area contributed by atoms with E-state index in [0.29, 0.717) is 17.4 Å². The Morgan fingerprint density at radius 1 is 1.13 bits per heavy atom. The SMILES string of the molecule is Cc1ccc(S(=O)(=O)NCC(C(C)C)N2CCCCC2)c(C)c1. The Bertz CT molecular complexity index is 620. The van der Waals surface area contributed by atoms with E-state index < -0.39 is 10.0 Å². The molecule has 4 nitrogen and oxygen atoms in total. The van der Waals surface area contributed by atoms with Crippen LogP contribution in [-0.4, -0.2) is 39.0 Å². The lowest BCUT2D eigenvalue weighted by atomic mass is 9.99. The van der Waals surface area contributed by atoms with Crippen LogP contribution < -0.4 is 4.72 Å². The molecule has 1 unspecified atom stereocenters. The third-order valence-corrected chi connectivity index (χ3v) is 6.32. The highest BCUT2D eigenvalue weighted by molar-refractivity contribution is 7.89. The summed E-state index contributed by atoms with van der Waals surface area (Å²) in [6.07, 6.45) is 3.72. The van der Waals surface area contributed by atoms with Crippen LogP contribution >= 0.6 is 0 Å². The van der Waals surface area contributed by atoms with Crippen LogP contribution in [-0.2, 0) is 10.0 Å². The van der Waals surface area contributed by atoms with Crippen LogP contribution in [0.4, 0.5) is 0 Å². The average molecular weight is 339 g/mol. The summed E-state index contributed by atoms with van der Waals surface area (Å²) in [4.78, 5) is 2.84. The van der Waals surface area contributed by atoms with Gasteiger partial charge in [0.2, 0.25) is 10.0 Å². The second-order valence-electron chi connectivity index (χ2n) is 7.03. The van der Waals surface area contributed by atoms with Crippen molar-refractivity contribution in [1.82, 2.24) is 9.62 Å². The fraction of sp³-hybridized carbons (Fsp3) is 0.667. The van der Waals surface area contributed by atoms with Crippen LogP contribution in [0.3, 0.4) is 0 Å². The molecule has 0 spiro atoms. The summed E-state index contributed by atoms with van der Waals surface area (Å²) in [6.45, 7) is 10.8. The highest BCUT2D eigenvalue weighted by Crippen LogP contribution is 2.19. The Morgan fingerprint density at radius 3 is 2.35 bits per heavy atom. The molecule has 2 rings (SSSR count). The summed E-state index contributed by atoms with van der Waals surface area (Å²) < 4.78 is 28.1. The molecule has 0 amide bonds. The molecule has 1 aromatic carbocycles. The van der Waals surface area contributed by atoms with Gasteiger partial charge in [0.25, 0.3) is 0 Å². The third kappa shape index (κ3) is 4.78. The van der Waals surface area contributed by atoms with Crippen molar-refractivity contribution in [3.63, 3.8) is 0 Å². The zero-order valence-electron chi connectivity index (χ0n) is 14.8. The predicted octanol–water partition coefficient (Wildman–Crippen LogP) is 3.09. The van der Waals surface area contributed by atoms with Gasteiger partial charge >= 0.3 is 0 Å². The molecular weight excluding hydrogens is 308 g/mol. The van der Waals surface area contributed by atoms with Crippen molar-refractivity contribution < 1.29 is 8.42 Å². The van der Waals surface area contributed by atoms with E-state index in [1.54, 1.807) is 6.07 Å². The number of benzene rings is 1. The van der Waals surface area contributed by atoms with Gasteiger partial charge in [-0.2, -0.15) is 0 Å². The van der Waals surface area contributed by atoms with Gasteiger partial charge in [-0.3, -0.25) is 4.90 Å². The first kappa shape index (κ1) is 18.4. The summed E-state index contributed by atoms with van der Waals surface area (Å²) in [7, 11) is -3.45. The van der Waals surface area contributed by atoms with E-state index >= 15 is 0 Å². The summed E-state index contributed by atoms with van der Waals surface area (Å²) in [5.74, 6) is 0.426. The Morgan fingerprint density at radius 2 is 1.78 bits per heavy atom. The minimum atomic E-state index is -3.45. The fourth-order valence-corrected chi connectivity index (χ4v) is 4.69. The molecule has 0 aliphatic carbocycles. The first-order chi connectivity index (χ1) is 10.8. The molecule has 1 saturated heterocycles. The normalized spacial score (nSPS) is 18.3. The minimum Gasteiger partial charge on any atom is -0.299 e. The van der Waals surface area contributed by atoms with Crippen molar-refractivity contribution in [3.05, 3.63) is 29.3 Å². The highest BCUT2D eigenvalue weighted by atomic mass is 32.2. The standard InChI is InChI=1S/C18H30N2O2S/c1-14(2)17(20-10-6-5-7-11-20)13-19-23(21,22)18-9-8-15(3)12-16(18)4/h8-9,12,14,17,19H,5-7,10-11,13H2,1-4H3. The number of likely N-dealkylation sites (tertiary alicyclic amines) is 1. The number of sulfonamides is 1. The molecule has 1 aromatic rings. The molecule has 1 heterocycles. The highest BCUT2D eigenvalue weighted by Gasteiger charge is 2.26. The van der Waals surface area contributed by atoms with Gasteiger partial charge in [-0.05, 0) is 57.3 Å². The van der Waals surface area contributed by atoms with Crippen LogP contribution in [0.1, 0.15) is 44.2 Å². The van der Waals surface area contributed by atoms with Gasteiger partial charge in [-0.15, -0.1) is 0 Å². The summed E-state index contributed by atoms with van der Waals surface area (Å²) in [6, 6.07) is 5.74. The molecular formula is C18H30N2O2S. The zero-order valence-corrected chi connectivity index (χ0v) is 15.6. The lowest BCUT2D eigenvalue weighted by molar-refractivity contribution is 0.130. The molecule has 1 aliphatic heterocycles. The quantitative estimate of drug-likeness (QED) is 0.867. The molecule has 1 atom stereocenters. The second kappa shape index (κ2) is 7.77. The van der Waals surface area contributed by atoms with Gasteiger partial charge < -0.3 is 0 Å². The maximum absolute atomic E-state index is 12.6. The van der Waals surface area contributed by atoms with Gasteiger partial charge in [0.05, 0.1) is 4.90 Å². The van der Waals surface area contributed by atoms with Crippen LogP contribution in [0.5, 0.6) is 0 Å². The second-order valence-corrected chi connectivity index (χ2v) is 8.76. The van der Waals surface area contributed by atoms with Gasteiger partial charge in [-0.25, -0.2) is 13.1 Å². The van der Waals surface area contributed by atoms with Gasteiger partial charge in [0, 0.05) is 12.6 Å². The van der Waals surface area contributed by atoms with Crippen LogP contribution in [0.15, 0.2) is 23.1 Å². The summed E-state index contributed by atoms with van der Waals surface area (Å²) in [5.41, 5.74) is 1.88. The molecule has 1 aliphatic rings. The van der Waals surface area contributed by atoms with Crippen LogP contribution in [0.25, 0.3) is 0 Å². The van der Waals surface area contributed by atoms with Crippen LogP contribution in [0, 0.1) is 19.8 Å². The number of piperidine rings is 1. The molecule has 5 heteroatoms. The van der Waals surface area contributed by atoms with Crippen molar-refractivity contribution in [2.75, 3.05) is 19.6 Å². The first-order valence-electron chi connectivity index (χ1n) is 8.62. The topological polar surface area (TPSA) is 49.4 Å². The van der Waals surface area contributed by atoms with E-state index in [0.717, 1.165) is 24.2 Å². The number of hydrogen-bond donors (Lipinski definition) is 1. The van der Waals surface area contributed by atoms with E-state index in [1.807, 2.05) is 26.0 Å². The lowest BCUT2D eigenvalue weighted by Crippen LogP contribution is -2.48. The van der Waals surface area contributed by atoms with E-state index in [4.69, 9.17) is 0 Å². The Labute approximate surface area is 141 Å². The van der Waals surface area contributed by atoms with Gasteiger partial charge in [0.1, 0.15) is 0 Å². The molecule has 0 saturated carbocycles. The third-order valence-electron chi connectivity index (χ3n) is 4.73. The monoisotopic (exact) mass is 338 g/mol. The molecule has 130 valence electrons. The Kier molecular flexibility index (Phi) is 6.23. The summed E-state index contributed by atoms with van der Waals surface area (Å²) >= 11 is 0. The molecule has 0 radical (unpaired) electrons. The van der Waals surface area contributed by atoms with Gasteiger partial charge in [0.15, 0.2) is 0 Å². The molecule has 1 fully saturated rings. The average Bonchev–Trinajstić information content (AvgIpc) is 2.47. The molecule has 0 bridgehead atoms. The van der Waals surface area contributed by atoms with Gasteiger partial charge in [-0.1, -0.05) is 38.0 Å². The Hall–Kier alpha value is -0.910. The first-order valence-corrected chi connectivity index (χ1v) is 10.1. The van der Waals surface area contributed by atoms with E-state index in [9.17, 15) is 8.42 Å². The lowest BCUT2D eigenvalue weighted by Gasteiger charge is -2.37. The molecule has 1 N–H and O–H groups in total. The minimum absolute atomic E-state index is 0.260. The number of nitrogens with one attached hydrogen (secondary N) is 1. The van der Waals surface area contributed by atoms with Crippen molar-refractivity contribution in [2.24, 2.45) is 5.92 Å². The largest absolute Gasteiger partial charge is 0.299 e. The van der Waals surface area contributed by atoms with Crippen molar-refractivity contribution in [2.45, 2.75) is 57.9 Å². The summed E-state index contributed by atoms with van der Waals surface area (Å²) in [5, 5.41) is 0. The molecule has 0 aromatic heterocycles. The number of hydrogen-bond acceptors (Lipinski definition) is 3. The predicted molar refractivity (Wildman–Crippen MR) is 95.2 cm³/mol. The maximum atomic E-state index is 12.6. The number of rotatable bonds is 6. The van der Waals surface area contributed by atoms with E-state index in [1.165, 1.54) is 19.3 Å². The number of nitrogens with zero attached hydrogens (tertiary/aromatic N) is 1. The smallest absolute Gasteiger partial charge is 0.240 e. The fourth-order valence-electron chi connectivity index (χ4n) is 3.41. The zero-order chi connectivity index (χ0) is 17.0. The van der Waals surface area contributed by atoms with E-state index in [-0.39, 0.29) is 6.04 Å². The Balaban J connectivity index is 2.09.